The molecule has 0 radical (unpaired) electrons. The molecule has 4 N–H and O–H groups in total. The summed E-state index contributed by atoms with van der Waals surface area (Å²) in [6.07, 6.45) is 8.20. The fourth-order valence-electron chi connectivity index (χ4n) is 7.85. The first-order valence-electron chi connectivity index (χ1n) is 20.7. The number of fused-ring (bicyclic) bond motifs is 4. The molecular formula is C47H42N10O4S4. The first-order valence-corrected chi connectivity index (χ1v) is 25.0. The summed E-state index contributed by atoms with van der Waals surface area (Å²) in [6, 6.07) is 28.2. The van der Waals surface area contributed by atoms with Crippen LogP contribution in [0.25, 0.3) is 87.3 Å². The molecule has 2 unspecified atom stereocenters. The van der Waals surface area contributed by atoms with Gasteiger partial charge in [-0.3, -0.25) is 9.36 Å². The molecule has 328 valence electrons. The average Bonchev–Trinajstić information content (AvgIpc) is 4.12. The van der Waals surface area contributed by atoms with Crippen LogP contribution in [-0.4, -0.2) is 87.5 Å². The van der Waals surface area contributed by atoms with Crippen molar-refractivity contribution in [1.29, 1.82) is 0 Å². The molecule has 65 heavy (non-hydrogen) atoms. The summed E-state index contributed by atoms with van der Waals surface area (Å²) in [7, 11) is 3.23. The Kier molecular flexibility index (Phi) is 12.2. The monoisotopic (exact) mass is 938 g/mol. The van der Waals surface area contributed by atoms with Crippen LogP contribution < -0.4 is 11.5 Å². The number of hydrogen-bond acceptors (Lipinski definition) is 14. The molecule has 0 fully saturated rings. The van der Waals surface area contributed by atoms with E-state index in [-0.39, 0.29) is 0 Å². The van der Waals surface area contributed by atoms with E-state index in [1.165, 1.54) is 22.7 Å². The summed E-state index contributed by atoms with van der Waals surface area (Å²) < 4.78 is 41.9. The number of nitrogen functional groups attached to an aromatic ring is 2. The van der Waals surface area contributed by atoms with E-state index >= 15 is 0 Å². The number of anilines is 2. The van der Waals surface area contributed by atoms with E-state index in [0.717, 1.165) is 71.1 Å². The Balaban J connectivity index is 0.913. The Hall–Kier alpha value is -5.96. The predicted molar refractivity (Wildman–Crippen MR) is 263 cm³/mol. The smallest absolute Gasteiger partial charge is 0.232 e. The van der Waals surface area contributed by atoms with E-state index in [1.54, 1.807) is 26.6 Å². The molecule has 2 atom stereocenters. The third kappa shape index (κ3) is 8.55. The summed E-state index contributed by atoms with van der Waals surface area (Å²) in [5.74, 6) is 0.806. The van der Waals surface area contributed by atoms with Crippen LogP contribution in [0.15, 0.2) is 118 Å². The zero-order chi connectivity index (χ0) is 44.6. The number of rotatable bonds is 16. The number of ether oxygens (including phenoxy) is 2. The van der Waals surface area contributed by atoms with E-state index in [2.05, 4.69) is 0 Å². The van der Waals surface area contributed by atoms with Gasteiger partial charge in [0.15, 0.2) is 11.3 Å². The van der Waals surface area contributed by atoms with Gasteiger partial charge in [0, 0.05) is 89.3 Å². The number of pyridine rings is 4. The molecular weight excluding hydrogens is 897 g/mol. The number of methoxy groups -OCH3 is 2. The summed E-state index contributed by atoms with van der Waals surface area (Å²) in [6.45, 7) is 1.98. The molecule has 8 heterocycles. The van der Waals surface area contributed by atoms with Gasteiger partial charge in [-0.15, -0.1) is 0 Å². The molecule has 14 nitrogen and oxygen atoms in total. The third-order valence-electron chi connectivity index (χ3n) is 11.0. The number of aryl methyl sites for hydroxylation is 2. The SMILES string of the molecule is COCCC[S+]([O-])c1sc2nc(-c3cnc4nn(CCn5cc6cc(-c7cc(-c8ccccc8)c8c(N)c([S+]([O-])CCOC)sc8n7)cnc6n5)cc4c3)cc(-c3ccccc3)c2c1N. The Morgan fingerprint density at radius 3 is 1.52 bits per heavy atom. The van der Waals surface area contributed by atoms with Gasteiger partial charge < -0.3 is 30.0 Å². The second-order valence-corrected chi connectivity index (χ2v) is 20.8. The van der Waals surface area contributed by atoms with Crippen molar-refractivity contribution in [3.8, 4) is 44.8 Å². The van der Waals surface area contributed by atoms with E-state index in [9.17, 15) is 9.11 Å². The van der Waals surface area contributed by atoms with E-state index in [1.807, 2.05) is 107 Å². The molecule has 0 saturated heterocycles. The van der Waals surface area contributed by atoms with Crippen LogP contribution >= 0.6 is 22.7 Å². The minimum atomic E-state index is -1.32. The highest BCUT2D eigenvalue weighted by atomic mass is 32.2. The van der Waals surface area contributed by atoms with Gasteiger partial charge in [-0.25, -0.2) is 19.9 Å². The van der Waals surface area contributed by atoms with Crippen molar-refractivity contribution in [3.63, 3.8) is 0 Å². The highest BCUT2D eigenvalue weighted by Crippen LogP contribution is 2.45. The van der Waals surface area contributed by atoms with Gasteiger partial charge >= 0.3 is 0 Å². The number of nitrogens with two attached hydrogens (primary N) is 2. The predicted octanol–water partition coefficient (Wildman–Crippen LogP) is 8.83. The van der Waals surface area contributed by atoms with Gasteiger partial charge in [0.2, 0.25) is 8.42 Å². The van der Waals surface area contributed by atoms with Crippen LogP contribution in [0.5, 0.6) is 0 Å². The highest BCUT2D eigenvalue weighted by molar-refractivity contribution is 7.94. The van der Waals surface area contributed by atoms with E-state index in [0.29, 0.717) is 80.1 Å². The van der Waals surface area contributed by atoms with Crippen LogP contribution in [0.2, 0.25) is 0 Å². The van der Waals surface area contributed by atoms with E-state index < -0.39 is 22.4 Å². The summed E-state index contributed by atoms with van der Waals surface area (Å²) >= 11 is 0.131. The van der Waals surface area contributed by atoms with Gasteiger partial charge in [-0.1, -0.05) is 83.3 Å². The van der Waals surface area contributed by atoms with Gasteiger partial charge in [0.05, 0.1) is 37.7 Å². The minimum Gasteiger partial charge on any atom is -0.611 e. The Labute approximate surface area is 387 Å². The molecule has 0 aliphatic carbocycles. The number of nitrogens with zero attached hydrogens (tertiary/aromatic N) is 8. The number of aromatic nitrogens is 8. The Morgan fingerprint density at radius 1 is 0.600 bits per heavy atom. The van der Waals surface area contributed by atoms with Crippen LogP contribution in [0.3, 0.4) is 0 Å². The first kappa shape index (κ1) is 43.0. The maximum absolute atomic E-state index is 13.4. The van der Waals surface area contributed by atoms with Crippen molar-refractivity contribution < 1.29 is 18.6 Å². The van der Waals surface area contributed by atoms with Crippen molar-refractivity contribution in [2.24, 2.45) is 0 Å². The van der Waals surface area contributed by atoms with Gasteiger partial charge in [-0.05, 0) is 57.7 Å². The Bertz CT molecular complexity index is 3320. The molecule has 10 aromatic rings. The molecule has 0 amide bonds. The van der Waals surface area contributed by atoms with Crippen molar-refractivity contribution in [2.45, 2.75) is 27.9 Å². The lowest BCUT2D eigenvalue weighted by Gasteiger charge is -2.10. The second kappa shape index (κ2) is 18.5. The highest BCUT2D eigenvalue weighted by Gasteiger charge is 2.27. The van der Waals surface area contributed by atoms with Crippen molar-refractivity contribution in [1.82, 2.24) is 39.5 Å². The molecule has 0 saturated carbocycles. The molecule has 10 rings (SSSR count). The zero-order valence-electron chi connectivity index (χ0n) is 35.3. The van der Waals surface area contributed by atoms with Crippen LogP contribution in [0, 0.1) is 0 Å². The summed E-state index contributed by atoms with van der Waals surface area (Å²) in [4.78, 5) is 21.0. The number of thiophene rings is 2. The Morgan fingerprint density at radius 2 is 1.06 bits per heavy atom. The zero-order valence-corrected chi connectivity index (χ0v) is 38.6. The number of hydrogen-bond donors (Lipinski definition) is 2. The summed E-state index contributed by atoms with van der Waals surface area (Å²) in [5, 5.41) is 12.9. The van der Waals surface area contributed by atoms with Gasteiger partial charge in [0.1, 0.15) is 32.5 Å². The van der Waals surface area contributed by atoms with Crippen molar-refractivity contribution in [2.75, 3.05) is 50.4 Å². The third-order valence-corrected chi connectivity index (χ3v) is 16.9. The molecule has 0 aliphatic rings. The topological polar surface area (TPSA) is 204 Å². The molecule has 0 spiro atoms. The molecule has 2 aromatic carbocycles. The van der Waals surface area contributed by atoms with Crippen LogP contribution in [0.1, 0.15) is 6.42 Å². The average molecular weight is 939 g/mol. The maximum atomic E-state index is 13.4. The first-order chi connectivity index (χ1) is 31.8. The largest absolute Gasteiger partial charge is 0.611 e. The minimum absolute atomic E-state index is 0.349. The number of benzene rings is 2. The van der Waals surface area contributed by atoms with Crippen LogP contribution in [-0.2, 0) is 44.9 Å². The lowest BCUT2D eigenvalue weighted by molar-refractivity contribution is 0.199. The standard InChI is InChI=1S/C47H42N10O4S4/c1-60-16-9-18-64(58)46-40(48)38-34(28-10-5-3-6-11-28)22-36(52-44(38)62-46)30-20-32-26-56(54-42(32)50-24-30)14-15-57-27-33-21-31(25-51-43(33)55-57)37-23-35(29-12-7-4-8-13-29)39-41(49)47(63-45(39)53-37)65(59)19-17-61-2/h3-8,10-13,20-27H,9,14-19,48-49H2,1-2H3. The maximum Gasteiger partial charge on any atom is 0.232 e. The molecule has 0 bridgehead atoms. The lowest BCUT2D eigenvalue weighted by Crippen LogP contribution is -2.11. The van der Waals surface area contributed by atoms with Crippen LogP contribution in [0.4, 0.5) is 11.4 Å². The quantitative estimate of drug-likeness (QED) is 0.0689. The van der Waals surface area contributed by atoms with E-state index in [4.69, 9.17) is 51.1 Å². The molecule has 0 aliphatic heterocycles. The fraction of sp³-hybridized carbons (Fsp3) is 0.191. The molecule has 8 aromatic heterocycles. The normalized spacial score (nSPS) is 12.9. The van der Waals surface area contributed by atoms with Crippen molar-refractivity contribution >= 4 is 98.9 Å². The second-order valence-electron chi connectivity index (χ2n) is 15.3. The summed E-state index contributed by atoms with van der Waals surface area (Å²) in [5.41, 5.74) is 22.6. The van der Waals surface area contributed by atoms with Gasteiger partial charge in [-0.2, -0.15) is 10.2 Å². The van der Waals surface area contributed by atoms with Crippen molar-refractivity contribution in [3.05, 3.63) is 110 Å². The van der Waals surface area contributed by atoms with Gasteiger partial charge in [0.25, 0.3) is 0 Å². The fourth-order valence-corrected chi connectivity index (χ4v) is 13.0. The lowest BCUT2D eigenvalue weighted by atomic mass is 10.0. The molecule has 18 heteroatoms.